The lowest BCUT2D eigenvalue weighted by Gasteiger charge is -2.45. The van der Waals surface area contributed by atoms with Crippen molar-refractivity contribution in [1.29, 1.82) is 0 Å². The number of carbonyl (C=O) groups excluding carboxylic acids is 1. The average Bonchev–Trinajstić information content (AvgIpc) is 3.52. The Balaban J connectivity index is 1.46. The van der Waals surface area contributed by atoms with Crippen LogP contribution in [0.4, 0.5) is 22.7 Å². The molecule has 194 valence electrons. The van der Waals surface area contributed by atoms with Gasteiger partial charge in [-0.1, -0.05) is 5.57 Å². The van der Waals surface area contributed by atoms with Crippen LogP contribution in [-0.2, 0) is 12.6 Å². The van der Waals surface area contributed by atoms with Gasteiger partial charge >= 0.3 is 6.18 Å². The second-order valence-corrected chi connectivity index (χ2v) is 10.4. The van der Waals surface area contributed by atoms with Crippen molar-refractivity contribution in [3.63, 3.8) is 0 Å². The number of fused-ring (bicyclic) bond motifs is 2. The van der Waals surface area contributed by atoms with Crippen LogP contribution < -0.4 is 4.90 Å². The zero-order valence-electron chi connectivity index (χ0n) is 20.2. The largest absolute Gasteiger partial charge is 0.416 e. The maximum Gasteiger partial charge on any atom is 0.416 e. The molecule has 0 N–H and O–H groups in total. The standard InChI is InChI=1S/C27H21F4N5OS/c1-16-14-38-25(34-16)35-9-7-18-11-23-17(13-33-36(23)21-4-2-20(28)3-5-21)12-26(18,15-35)24(37)22-10-19(6-8-32-22)27(29,30)31/h2-6,8,10-11,13-14H,7,9,12,15H2,1H3/t26-/m0/s1. The summed E-state index contributed by atoms with van der Waals surface area (Å²) in [5.41, 5.74) is 1.59. The van der Waals surface area contributed by atoms with Crippen LogP contribution in [-0.4, -0.2) is 38.6 Å². The molecule has 1 aliphatic carbocycles. The molecule has 0 spiro atoms. The van der Waals surface area contributed by atoms with Crippen LogP contribution in [0.1, 0.15) is 39.4 Å². The van der Waals surface area contributed by atoms with Gasteiger partial charge in [-0.15, -0.1) is 11.3 Å². The van der Waals surface area contributed by atoms with Crippen LogP contribution >= 0.6 is 11.3 Å². The van der Waals surface area contributed by atoms with Crippen molar-refractivity contribution >= 4 is 28.3 Å². The highest BCUT2D eigenvalue weighted by atomic mass is 32.1. The first-order chi connectivity index (χ1) is 18.1. The quantitative estimate of drug-likeness (QED) is 0.238. The lowest BCUT2D eigenvalue weighted by atomic mass is 9.65. The number of aromatic nitrogens is 4. The number of thiazole rings is 1. The minimum Gasteiger partial charge on any atom is -0.346 e. The van der Waals surface area contributed by atoms with Gasteiger partial charge in [0.1, 0.15) is 11.5 Å². The second-order valence-electron chi connectivity index (χ2n) is 9.57. The van der Waals surface area contributed by atoms with E-state index in [9.17, 15) is 22.4 Å². The molecule has 1 saturated heterocycles. The molecule has 0 saturated carbocycles. The molecular formula is C27H21F4N5OS. The minimum absolute atomic E-state index is 0.225. The number of anilines is 1. The van der Waals surface area contributed by atoms with Gasteiger partial charge in [0, 0.05) is 24.7 Å². The zero-order chi connectivity index (χ0) is 26.7. The summed E-state index contributed by atoms with van der Waals surface area (Å²) in [6, 6.07) is 7.63. The predicted molar refractivity (Wildman–Crippen MR) is 135 cm³/mol. The predicted octanol–water partition coefficient (Wildman–Crippen LogP) is 5.91. The molecule has 0 radical (unpaired) electrons. The van der Waals surface area contributed by atoms with Crippen LogP contribution in [0.5, 0.6) is 0 Å². The highest BCUT2D eigenvalue weighted by molar-refractivity contribution is 7.13. The minimum atomic E-state index is -4.60. The smallest absolute Gasteiger partial charge is 0.346 e. The molecule has 3 aromatic heterocycles. The van der Waals surface area contributed by atoms with Crippen molar-refractivity contribution in [2.24, 2.45) is 5.41 Å². The van der Waals surface area contributed by atoms with Crippen LogP contribution in [0.15, 0.2) is 59.7 Å². The number of carbonyl (C=O) groups is 1. The van der Waals surface area contributed by atoms with E-state index < -0.39 is 22.9 Å². The van der Waals surface area contributed by atoms with E-state index in [-0.39, 0.29) is 24.5 Å². The number of halogens is 4. The number of alkyl halides is 3. The molecule has 1 aromatic carbocycles. The third kappa shape index (κ3) is 4.10. The molecule has 4 heterocycles. The molecule has 38 heavy (non-hydrogen) atoms. The molecule has 0 amide bonds. The fourth-order valence-electron chi connectivity index (χ4n) is 5.27. The molecule has 4 aromatic rings. The number of pyridine rings is 1. The Hall–Kier alpha value is -3.86. The van der Waals surface area contributed by atoms with Gasteiger partial charge in [0.05, 0.1) is 34.3 Å². The SMILES string of the molecule is Cc1csc(N2CCC3=Cc4c(cnn4-c4ccc(F)cc4)C[C@]3(C(=O)c3cc(C(F)(F)F)ccn3)C2)n1. The van der Waals surface area contributed by atoms with Crippen molar-refractivity contribution < 1.29 is 22.4 Å². The number of aryl methyl sites for hydroxylation is 1. The molecule has 1 fully saturated rings. The van der Waals surface area contributed by atoms with Crippen molar-refractivity contribution in [1.82, 2.24) is 19.7 Å². The van der Waals surface area contributed by atoms with Crippen molar-refractivity contribution in [2.75, 3.05) is 18.0 Å². The van der Waals surface area contributed by atoms with E-state index in [2.05, 4.69) is 15.1 Å². The highest BCUT2D eigenvalue weighted by Gasteiger charge is 2.50. The molecule has 0 unspecified atom stereocenters. The number of hydrogen-bond acceptors (Lipinski definition) is 6. The fraction of sp³-hybridized carbons (Fsp3) is 0.259. The maximum atomic E-state index is 14.2. The summed E-state index contributed by atoms with van der Waals surface area (Å²) in [6.07, 6.45) is 0.756. The highest BCUT2D eigenvalue weighted by Crippen LogP contribution is 2.47. The molecule has 0 bridgehead atoms. The van der Waals surface area contributed by atoms with E-state index in [4.69, 9.17) is 0 Å². The first-order valence-corrected chi connectivity index (χ1v) is 12.8. The summed E-state index contributed by atoms with van der Waals surface area (Å²) < 4.78 is 55.6. The van der Waals surface area contributed by atoms with Gasteiger partial charge in [-0.05, 0) is 67.8 Å². The maximum absolute atomic E-state index is 14.2. The Morgan fingerprint density at radius 1 is 1.16 bits per heavy atom. The Kier molecular flexibility index (Phi) is 5.71. The lowest BCUT2D eigenvalue weighted by Crippen LogP contribution is -2.52. The molecule has 1 atom stereocenters. The summed E-state index contributed by atoms with van der Waals surface area (Å²) >= 11 is 1.47. The van der Waals surface area contributed by atoms with Crippen LogP contribution in [0, 0.1) is 18.2 Å². The van der Waals surface area contributed by atoms with E-state index in [0.29, 0.717) is 18.7 Å². The second kappa shape index (κ2) is 8.87. The first-order valence-electron chi connectivity index (χ1n) is 11.9. The third-order valence-corrected chi connectivity index (χ3v) is 8.14. The topological polar surface area (TPSA) is 63.9 Å². The third-order valence-electron chi connectivity index (χ3n) is 7.12. The number of rotatable bonds is 4. The summed E-state index contributed by atoms with van der Waals surface area (Å²) in [5.74, 6) is -0.830. The number of ketones is 1. The Morgan fingerprint density at radius 2 is 1.95 bits per heavy atom. The monoisotopic (exact) mass is 539 g/mol. The molecule has 2 aliphatic rings. The van der Waals surface area contributed by atoms with Gasteiger partial charge < -0.3 is 4.90 Å². The Morgan fingerprint density at radius 3 is 2.66 bits per heavy atom. The van der Waals surface area contributed by atoms with Crippen LogP contribution in [0.2, 0.25) is 0 Å². The summed E-state index contributed by atoms with van der Waals surface area (Å²) in [4.78, 5) is 24.8. The zero-order valence-corrected chi connectivity index (χ0v) is 21.0. The molecular weight excluding hydrogens is 518 g/mol. The van der Waals surface area contributed by atoms with Crippen molar-refractivity contribution in [2.45, 2.75) is 25.9 Å². The van der Waals surface area contributed by atoms with Gasteiger partial charge in [-0.2, -0.15) is 18.3 Å². The van der Waals surface area contributed by atoms with E-state index in [1.807, 2.05) is 23.3 Å². The molecule has 1 aliphatic heterocycles. The number of hydrogen-bond donors (Lipinski definition) is 0. The van der Waals surface area contributed by atoms with E-state index in [0.717, 1.165) is 46.0 Å². The van der Waals surface area contributed by atoms with Crippen LogP contribution in [0.3, 0.4) is 0 Å². The van der Waals surface area contributed by atoms with Crippen molar-refractivity contribution in [3.8, 4) is 5.69 Å². The summed E-state index contributed by atoms with van der Waals surface area (Å²) in [6.45, 7) is 2.74. The normalized spacial score (nSPS) is 19.1. The number of piperidine rings is 1. The molecule has 6 nitrogen and oxygen atoms in total. The van der Waals surface area contributed by atoms with Gasteiger partial charge in [-0.3, -0.25) is 9.78 Å². The van der Waals surface area contributed by atoms with E-state index >= 15 is 0 Å². The van der Waals surface area contributed by atoms with Gasteiger partial charge in [0.2, 0.25) is 0 Å². The van der Waals surface area contributed by atoms with Gasteiger partial charge in [0.15, 0.2) is 10.9 Å². The van der Waals surface area contributed by atoms with Gasteiger partial charge in [0.25, 0.3) is 0 Å². The van der Waals surface area contributed by atoms with E-state index in [1.165, 1.54) is 23.5 Å². The van der Waals surface area contributed by atoms with E-state index in [1.54, 1.807) is 23.0 Å². The average molecular weight is 540 g/mol. The molecule has 11 heteroatoms. The lowest BCUT2D eigenvalue weighted by molar-refractivity contribution is -0.137. The number of benzene rings is 1. The fourth-order valence-corrected chi connectivity index (χ4v) is 6.10. The summed E-state index contributed by atoms with van der Waals surface area (Å²) in [7, 11) is 0. The number of Topliss-reactive ketones (excluding diaryl/α,β-unsaturated/α-hetero) is 1. The molecule has 6 rings (SSSR count). The Bertz CT molecular complexity index is 1570. The van der Waals surface area contributed by atoms with Gasteiger partial charge in [-0.25, -0.2) is 14.1 Å². The summed E-state index contributed by atoms with van der Waals surface area (Å²) in [5, 5.41) is 7.18. The van der Waals surface area contributed by atoms with Crippen LogP contribution in [0.25, 0.3) is 11.8 Å². The number of nitrogens with zero attached hydrogens (tertiary/aromatic N) is 5. The Labute approximate surface area is 219 Å². The van der Waals surface area contributed by atoms with Crippen molar-refractivity contribution in [3.05, 3.63) is 93.8 Å². The first kappa shape index (κ1) is 24.5.